The number of amides is 1. The van der Waals surface area contributed by atoms with E-state index in [-0.39, 0.29) is 30.7 Å². The van der Waals surface area contributed by atoms with Crippen LogP contribution in [-0.4, -0.2) is 32.1 Å². The highest BCUT2D eigenvalue weighted by Crippen LogP contribution is 2.18. The minimum Gasteiger partial charge on any atom is -0.376 e. The number of carbonyl (C=O) groups excluding carboxylic acids is 1. The van der Waals surface area contributed by atoms with E-state index in [1.807, 2.05) is 39.0 Å². The van der Waals surface area contributed by atoms with Gasteiger partial charge in [0.2, 0.25) is 5.91 Å². The molecule has 20 heavy (non-hydrogen) atoms. The SMILES string of the molecule is CCNCCNC(=O)CNc1c(C)cccc1C.Cl.Cl. The van der Waals surface area contributed by atoms with E-state index in [2.05, 4.69) is 16.0 Å². The lowest BCUT2D eigenvalue weighted by Gasteiger charge is -2.12. The third kappa shape index (κ3) is 7.58. The molecule has 116 valence electrons. The van der Waals surface area contributed by atoms with E-state index in [0.29, 0.717) is 13.1 Å². The van der Waals surface area contributed by atoms with E-state index in [1.54, 1.807) is 0 Å². The summed E-state index contributed by atoms with van der Waals surface area (Å²) in [5.74, 6) is 0.0237. The normalized spacial score (nSPS) is 9.15. The third-order valence-corrected chi connectivity index (χ3v) is 2.78. The molecule has 3 N–H and O–H groups in total. The van der Waals surface area contributed by atoms with Gasteiger partial charge in [0.05, 0.1) is 6.54 Å². The van der Waals surface area contributed by atoms with E-state index in [9.17, 15) is 4.79 Å². The third-order valence-electron chi connectivity index (χ3n) is 2.78. The first-order chi connectivity index (χ1) is 8.65. The number of nitrogens with one attached hydrogen (secondary N) is 3. The zero-order valence-electron chi connectivity index (χ0n) is 12.3. The van der Waals surface area contributed by atoms with Gasteiger partial charge < -0.3 is 16.0 Å². The van der Waals surface area contributed by atoms with E-state index >= 15 is 0 Å². The van der Waals surface area contributed by atoms with Gasteiger partial charge in [0.1, 0.15) is 0 Å². The van der Waals surface area contributed by atoms with Gasteiger partial charge in [0.25, 0.3) is 0 Å². The van der Waals surface area contributed by atoms with Crippen molar-refractivity contribution < 1.29 is 4.79 Å². The zero-order valence-corrected chi connectivity index (χ0v) is 13.9. The van der Waals surface area contributed by atoms with Gasteiger partial charge in [-0.3, -0.25) is 4.79 Å². The number of benzene rings is 1. The second-order valence-electron chi connectivity index (χ2n) is 4.32. The van der Waals surface area contributed by atoms with Gasteiger partial charge in [-0.2, -0.15) is 0 Å². The number of para-hydroxylation sites is 1. The molecule has 1 aromatic rings. The molecule has 0 fully saturated rings. The average molecular weight is 322 g/mol. The molecule has 0 radical (unpaired) electrons. The van der Waals surface area contributed by atoms with Crippen LogP contribution in [0.25, 0.3) is 0 Å². The summed E-state index contributed by atoms with van der Waals surface area (Å²) in [6, 6.07) is 6.10. The van der Waals surface area contributed by atoms with Gasteiger partial charge in [0, 0.05) is 18.8 Å². The maximum Gasteiger partial charge on any atom is 0.239 e. The molecule has 0 aliphatic rings. The fourth-order valence-electron chi connectivity index (χ4n) is 1.79. The summed E-state index contributed by atoms with van der Waals surface area (Å²) in [6.07, 6.45) is 0. The lowest BCUT2D eigenvalue weighted by Crippen LogP contribution is -2.35. The lowest BCUT2D eigenvalue weighted by molar-refractivity contribution is -0.119. The fourth-order valence-corrected chi connectivity index (χ4v) is 1.79. The van der Waals surface area contributed by atoms with Gasteiger partial charge in [-0.15, -0.1) is 24.8 Å². The van der Waals surface area contributed by atoms with Crippen LogP contribution in [0.1, 0.15) is 18.1 Å². The van der Waals surface area contributed by atoms with Crippen molar-refractivity contribution >= 4 is 36.4 Å². The highest BCUT2D eigenvalue weighted by molar-refractivity contribution is 5.85. The summed E-state index contributed by atoms with van der Waals surface area (Å²) in [5, 5.41) is 9.21. The van der Waals surface area contributed by atoms with Crippen LogP contribution in [0.3, 0.4) is 0 Å². The van der Waals surface area contributed by atoms with Crippen molar-refractivity contribution in [2.24, 2.45) is 0 Å². The molecule has 1 rings (SSSR count). The zero-order chi connectivity index (χ0) is 13.4. The van der Waals surface area contributed by atoms with E-state index in [4.69, 9.17) is 0 Å². The second kappa shape index (κ2) is 11.8. The molecule has 0 aliphatic carbocycles. The van der Waals surface area contributed by atoms with Crippen LogP contribution in [0, 0.1) is 13.8 Å². The van der Waals surface area contributed by atoms with Crippen LogP contribution in [-0.2, 0) is 4.79 Å². The summed E-state index contributed by atoms with van der Waals surface area (Å²) in [4.78, 5) is 11.6. The number of carbonyl (C=O) groups is 1. The van der Waals surface area contributed by atoms with Gasteiger partial charge in [-0.25, -0.2) is 0 Å². The minimum atomic E-state index is 0. The van der Waals surface area contributed by atoms with Crippen molar-refractivity contribution in [2.75, 3.05) is 31.5 Å². The Balaban J connectivity index is 0. The predicted molar refractivity (Wildman–Crippen MR) is 90.5 cm³/mol. The van der Waals surface area contributed by atoms with Crippen molar-refractivity contribution in [3.05, 3.63) is 29.3 Å². The van der Waals surface area contributed by atoms with Crippen LogP contribution in [0.15, 0.2) is 18.2 Å². The molecule has 0 spiro atoms. The Kier molecular flexibility index (Phi) is 12.6. The summed E-state index contributed by atoms with van der Waals surface area (Å²) in [5.41, 5.74) is 3.38. The Hall–Kier alpha value is -0.970. The largest absolute Gasteiger partial charge is 0.376 e. The monoisotopic (exact) mass is 321 g/mol. The van der Waals surface area contributed by atoms with Gasteiger partial charge >= 0.3 is 0 Å². The van der Waals surface area contributed by atoms with Gasteiger partial charge in [0.15, 0.2) is 0 Å². The highest BCUT2D eigenvalue weighted by atomic mass is 35.5. The summed E-state index contributed by atoms with van der Waals surface area (Å²) >= 11 is 0. The fraction of sp³-hybridized carbons (Fsp3) is 0.500. The smallest absolute Gasteiger partial charge is 0.239 e. The van der Waals surface area contributed by atoms with Crippen molar-refractivity contribution in [3.8, 4) is 0 Å². The number of hydrogen-bond acceptors (Lipinski definition) is 3. The molecule has 0 aliphatic heterocycles. The summed E-state index contributed by atoms with van der Waals surface area (Å²) in [6.45, 7) is 8.85. The Morgan fingerprint density at radius 2 is 1.70 bits per heavy atom. The first-order valence-corrected chi connectivity index (χ1v) is 6.42. The molecule has 0 unspecified atom stereocenters. The van der Waals surface area contributed by atoms with Crippen LogP contribution < -0.4 is 16.0 Å². The molecule has 4 nitrogen and oxygen atoms in total. The topological polar surface area (TPSA) is 53.2 Å². The second-order valence-corrected chi connectivity index (χ2v) is 4.32. The summed E-state index contributed by atoms with van der Waals surface area (Å²) < 4.78 is 0. The Morgan fingerprint density at radius 3 is 2.25 bits per heavy atom. The molecule has 0 bridgehead atoms. The van der Waals surface area contributed by atoms with Crippen molar-refractivity contribution in [1.29, 1.82) is 0 Å². The standard InChI is InChI=1S/C14H23N3O.2ClH/c1-4-15-8-9-16-13(18)10-17-14-11(2)6-5-7-12(14)3;;/h5-7,15,17H,4,8-10H2,1-3H3,(H,16,18);2*1H. The molecule has 6 heteroatoms. The molecule has 0 atom stereocenters. The molecule has 0 saturated heterocycles. The van der Waals surface area contributed by atoms with E-state index in [0.717, 1.165) is 29.9 Å². The predicted octanol–water partition coefficient (Wildman–Crippen LogP) is 2.28. The highest BCUT2D eigenvalue weighted by Gasteiger charge is 2.04. The molecule has 0 heterocycles. The van der Waals surface area contributed by atoms with Crippen molar-refractivity contribution in [3.63, 3.8) is 0 Å². The Morgan fingerprint density at radius 1 is 1.10 bits per heavy atom. The van der Waals surface area contributed by atoms with E-state index < -0.39 is 0 Å². The Bertz CT molecular complexity index is 380. The molecule has 1 amide bonds. The minimum absolute atomic E-state index is 0. The van der Waals surface area contributed by atoms with Crippen LogP contribution >= 0.6 is 24.8 Å². The number of rotatable bonds is 7. The van der Waals surface area contributed by atoms with Crippen LogP contribution in [0.5, 0.6) is 0 Å². The molecule has 0 saturated carbocycles. The number of aryl methyl sites for hydroxylation is 2. The quantitative estimate of drug-likeness (QED) is 0.675. The molecule has 0 aromatic heterocycles. The molecule has 1 aromatic carbocycles. The number of halogens is 2. The average Bonchev–Trinajstić information content (AvgIpc) is 2.34. The van der Waals surface area contributed by atoms with Crippen LogP contribution in [0.4, 0.5) is 5.69 Å². The van der Waals surface area contributed by atoms with E-state index in [1.165, 1.54) is 0 Å². The molecular formula is C14H25Cl2N3O. The Labute approximate surface area is 133 Å². The summed E-state index contributed by atoms with van der Waals surface area (Å²) in [7, 11) is 0. The van der Waals surface area contributed by atoms with Gasteiger partial charge in [-0.05, 0) is 31.5 Å². The first-order valence-electron chi connectivity index (χ1n) is 6.42. The number of likely N-dealkylation sites (N-methyl/N-ethyl adjacent to an activating group) is 1. The van der Waals surface area contributed by atoms with Crippen molar-refractivity contribution in [2.45, 2.75) is 20.8 Å². The molecular weight excluding hydrogens is 297 g/mol. The van der Waals surface area contributed by atoms with Gasteiger partial charge in [-0.1, -0.05) is 25.1 Å². The maximum absolute atomic E-state index is 11.6. The first kappa shape index (κ1) is 21.3. The lowest BCUT2D eigenvalue weighted by atomic mass is 10.1. The number of anilines is 1. The number of hydrogen-bond donors (Lipinski definition) is 3. The van der Waals surface area contributed by atoms with Crippen LogP contribution in [0.2, 0.25) is 0 Å². The van der Waals surface area contributed by atoms with Crippen molar-refractivity contribution in [1.82, 2.24) is 10.6 Å². The maximum atomic E-state index is 11.6.